The summed E-state index contributed by atoms with van der Waals surface area (Å²) in [6.45, 7) is 1.10. The van der Waals surface area contributed by atoms with E-state index in [1.807, 2.05) is 0 Å². The van der Waals surface area contributed by atoms with Crippen molar-refractivity contribution in [3.8, 4) is 0 Å². The Balaban J connectivity index is 4.06. The van der Waals surface area contributed by atoms with Crippen molar-refractivity contribution >= 4 is 16.0 Å². The van der Waals surface area contributed by atoms with Crippen molar-refractivity contribution in [2.75, 3.05) is 12.3 Å². The van der Waals surface area contributed by atoms with E-state index in [4.69, 9.17) is 9.66 Å². The number of hydrogen-bond donors (Lipinski definition) is 5. The van der Waals surface area contributed by atoms with Gasteiger partial charge < -0.3 is 30.5 Å². The first kappa shape index (κ1) is 21.2. The van der Waals surface area contributed by atoms with E-state index in [-0.39, 0.29) is 32.2 Å². The maximum absolute atomic E-state index is 11.3. The minimum absolute atomic E-state index is 0.00727. The average Bonchev–Trinajstić information content (AvgIpc) is 2.33. The molecule has 10 heteroatoms. The second-order valence-corrected chi connectivity index (χ2v) is 6.78. The topological polar surface area (TPSA) is 171 Å². The summed E-state index contributed by atoms with van der Waals surface area (Å²) in [5, 5.41) is 49.1. The summed E-state index contributed by atoms with van der Waals surface area (Å²) >= 11 is 0. The fraction of sp³-hybridized carbons (Fsp3) is 0.917. The van der Waals surface area contributed by atoms with Gasteiger partial charge in [0.25, 0.3) is 10.1 Å². The molecular formula is C12H24NO8S-. The number of nitrogens with zero attached hydrogens (tertiary/aromatic N) is 1. The van der Waals surface area contributed by atoms with E-state index in [2.05, 4.69) is 4.99 Å². The molecule has 4 atom stereocenters. The predicted octanol–water partition coefficient (Wildman–Crippen LogP) is -2.34. The van der Waals surface area contributed by atoms with Crippen LogP contribution >= 0.6 is 0 Å². The van der Waals surface area contributed by atoms with Crippen LogP contribution in [0.3, 0.4) is 0 Å². The van der Waals surface area contributed by atoms with Crippen LogP contribution in [0.15, 0.2) is 4.99 Å². The molecule has 132 valence electrons. The molecule has 0 aromatic rings. The third-order valence-electron chi connectivity index (χ3n) is 2.87. The molecule has 0 aliphatic carbocycles. The summed E-state index contributed by atoms with van der Waals surface area (Å²) in [5.41, 5.74) is 0. The Bertz CT molecular complexity index is 436. The van der Waals surface area contributed by atoms with Crippen LogP contribution in [0.1, 0.15) is 32.6 Å². The predicted molar refractivity (Wildman–Crippen MR) is 76.9 cm³/mol. The number of rotatable bonds is 11. The molecule has 0 aromatic heterocycles. The monoisotopic (exact) mass is 342 g/mol. The Kier molecular flexibility index (Phi) is 9.72. The van der Waals surface area contributed by atoms with Gasteiger partial charge in [-0.25, -0.2) is 0 Å². The van der Waals surface area contributed by atoms with E-state index in [0.717, 1.165) is 0 Å². The van der Waals surface area contributed by atoms with Crippen LogP contribution in [0, 0.1) is 0 Å². The molecule has 0 aliphatic heterocycles. The molecule has 0 rings (SSSR count). The summed E-state index contributed by atoms with van der Waals surface area (Å²) in [6, 6.07) is 0. The normalized spacial score (nSPS) is 18.7. The van der Waals surface area contributed by atoms with E-state index in [9.17, 15) is 28.8 Å². The maximum atomic E-state index is 11.3. The molecular weight excluding hydrogens is 318 g/mol. The molecule has 0 aliphatic rings. The highest BCUT2D eigenvalue weighted by Gasteiger charge is 2.21. The first-order valence-electron chi connectivity index (χ1n) is 6.89. The minimum atomic E-state index is -4.16. The van der Waals surface area contributed by atoms with Crippen molar-refractivity contribution in [2.24, 2.45) is 4.99 Å². The van der Waals surface area contributed by atoms with Gasteiger partial charge in [0.2, 0.25) is 0 Å². The maximum Gasteiger partial charge on any atom is 0.266 e. The number of aliphatic hydroxyl groups excluding tert-OH is 4. The van der Waals surface area contributed by atoms with Crippen molar-refractivity contribution in [3.05, 3.63) is 0 Å². The van der Waals surface area contributed by atoms with Gasteiger partial charge >= 0.3 is 0 Å². The first-order valence-corrected chi connectivity index (χ1v) is 8.50. The molecule has 0 aromatic carbocycles. The zero-order valence-electron chi connectivity index (χ0n) is 12.4. The first-order chi connectivity index (χ1) is 10.0. The number of aliphatic imine (C=N–C) groups is 1. The zero-order valence-corrected chi connectivity index (χ0v) is 13.2. The molecule has 0 fully saturated rings. The quantitative estimate of drug-likeness (QED) is 0.158. The summed E-state index contributed by atoms with van der Waals surface area (Å²) < 4.78 is 29.3. The van der Waals surface area contributed by atoms with Gasteiger partial charge in [0.05, 0.1) is 36.7 Å². The Morgan fingerprint density at radius 3 is 2.18 bits per heavy atom. The molecule has 1 unspecified atom stereocenters. The summed E-state index contributed by atoms with van der Waals surface area (Å²) in [4.78, 5) is 3.40. The van der Waals surface area contributed by atoms with E-state index >= 15 is 0 Å². The van der Waals surface area contributed by atoms with Gasteiger partial charge in [0.1, 0.15) is 0 Å². The molecule has 0 heterocycles. The third-order valence-corrected chi connectivity index (χ3v) is 3.57. The second-order valence-electron chi connectivity index (χ2n) is 5.21. The molecule has 9 nitrogen and oxygen atoms in total. The standard InChI is InChI=1S/C12H25NO8S/c1-8(14)6-10(16)11(17)7-9(15)2-3-12(18)13-4-5-22(19,20)21/h8-11,14-17H,2-7H2,1H3,(H,13,18)(H,19,20,21)/p-1/t8?,9-,10+,11-/m1/s1. The molecule has 0 spiro atoms. The summed E-state index contributed by atoms with van der Waals surface area (Å²) in [6.07, 6.45) is -4.58. The lowest BCUT2D eigenvalue weighted by Gasteiger charge is -2.22. The lowest BCUT2D eigenvalue weighted by atomic mass is 10.00. The van der Waals surface area contributed by atoms with Gasteiger partial charge in [-0.3, -0.25) is 4.55 Å². The van der Waals surface area contributed by atoms with Crippen LogP contribution in [0.2, 0.25) is 0 Å². The van der Waals surface area contributed by atoms with E-state index in [1.165, 1.54) is 6.92 Å². The van der Waals surface area contributed by atoms with Crippen LogP contribution < -0.4 is 5.11 Å². The Labute approximate surface area is 129 Å². The Morgan fingerprint density at radius 2 is 1.68 bits per heavy atom. The summed E-state index contributed by atoms with van der Waals surface area (Å²) in [7, 11) is -4.16. The van der Waals surface area contributed by atoms with E-state index in [0.29, 0.717) is 0 Å². The second kappa shape index (κ2) is 10.1. The molecule has 0 saturated carbocycles. The van der Waals surface area contributed by atoms with Gasteiger partial charge in [-0.1, -0.05) is 0 Å². The minimum Gasteiger partial charge on any atom is -0.862 e. The van der Waals surface area contributed by atoms with Crippen molar-refractivity contribution < 1.29 is 38.5 Å². The van der Waals surface area contributed by atoms with Crippen LogP contribution in [0.5, 0.6) is 0 Å². The number of hydrogen-bond acceptors (Lipinski definition) is 8. The zero-order chi connectivity index (χ0) is 17.3. The van der Waals surface area contributed by atoms with Gasteiger partial charge in [-0.2, -0.15) is 8.42 Å². The molecule has 0 radical (unpaired) electrons. The highest BCUT2D eigenvalue weighted by molar-refractivity contribution is 7.85. The van der Waals surface area contributed by atoms with Crippen molar-refractivity contribution in [2.45, 2.75) is 57.0 Å². The van der Waals surface area contributed by atoms with Crippen LogP contribution in [-0.2, 0) is 10.1 Å². The van der Waals surface area contributed by atoms with E-state index in [1.54, 1.807) is 0 Å². The van der Waals surface area contributed by atoms with Crippen molar-refractivity contribution in [1.29, 1.82) is 0 Å². The lowest BCUT2D eigenvalue weighted by molar-refractivity contribution is -0.219. The van der Waals surface area contributed by atoms with E-state index < -0.39 is 46.2 Å². The highest BCUT2D eigenvalue weighted by atomic mass is 32.2. The smallest absolute Gasteiger partial charge is 0.266 e. The molecule has 0 amide bonds. The lowest BCUT2D eigenvalue weighted by Crippen LogP contribution is -2.33. The Hall–Kier alpha value is -0.780. The SMILES string of the molecule is CC(O)C[C@H](O)[C@H](O)C[C@H](O)CCC([O-])=NCCS(=O)(=O)O. The fourth-order valence-electron chi connectivity index (χ4n) is 1.72. The van der Waals surface area contributed by atoms with Crippen LogP contribution in [-0.4, -0.2) is 76.0 Å². The average molecular weight is 342 g/mol. The fourth-order valence-corrected chi connectivity index (χ4v) is 2.04. The molecule has 0 saturated heterocycles. The summed E-state index contributed by atoms with van der Waals surface area (Å²) in [5.74, 6) is -1.27. The van der Waals surface area contributed by atoms with Crippen LogP contribution in [0.25, 0.3) is 0 Å². The van der Waals surface area contributed by atoms with Gasteiger partial charge in [-0.05, 0) is 25.7 Å². The molecule has 22 heavy (non-hydrogen) atoms. The highest BCUT2D eigenvalue weighted by Crippen LogP contribution is 2.11. The van der Waals surface area contributed by atoms with Gasteiger partial charge in [0, 0.05) is 12.8 Å². The van der Waals surface area contributed by atoms with Gasteiger partial charge in [-0.15, -0.1) is 0 Å². The van der Waals surface area contributed by atoms with Crippen molar-refractivity contribution in [1.82, 2.24) is 0 Å². The van der Waals surface area contributed by atoms with Gasteiger partial charge in [0.15, 0.2) is 0 Å². The number of aliphatic hydroxyl groups is 4. The molecule has 5 N–H and O–H groups in total. The van der Waals surface area contributed by atoms with Crippen molar-refractivity contribution in [3.63, 3.8) is 0 Å². The molecule has 0 bridgehead atoms. The third kappa shape index (κ3) is 11.8. The Morgan fingerprint density at radius 1 is 1.14 bits per heavy atom. The largest absolute Gasteiger partial charge is 0.862 e. The van der Waals surface area contributed by atoms with Crippen LogP contribution in [0.4, 0.5) is 0 Å².